The molecular weight excluding hydrogens is 416 g/mol. The van der Waals surface area contributed by atoms with Crippen LogP contribution >= 0.6 is 0 Å². The molecule has 8 nitrogen and oxygen atoms in total. The fraction of sp³-hybridized carbons (Fsp3) is 0.750. The van der Waals surface area contributed by atoms with Crippen molar-refractivity contribution >= 4 is 11.9 Å². The quantitative estimate of drug-likeness (QED) is 0.176. The van der Waals surface area contributed by atoms with Gasteiger partial charge in [0.1, 0.15) is 13.2 Å². The molecule has 0 bridgehead atoms. The van der Waals surface area contributed by atoms with Gasteiger partial charge in [0.05, 0.1) is 52.9 Å². The topological polar surface area (TPSA) is 89.5 Å². The number of carbonyl (C=O) groups excluding carboxylic acids is 2. The van der Waals surface area contributed by atoms with Gasteiger partial charge in [0.2, 0.25) is 0 Å². The molecule has 1 fully saturated rings. The van der Waals surface area contributed by atoms with Crippen LogP contribution in [0.4, 0.5) is 0 Å². The smallest absolute Gasteiger partial charge is 0.333 e. The first-order valence-corrected chi connectivity index (χ1v) is 11.3. The van der Waals surface area contributed by atoms with E-state index < -0.39 is 11.9 Å². The SMILES string of the molecule is C=C(C)C(=O)OCCOCCOCC1(COCCOCCOC(=O)C(=C)C)CCCCC1. The average molecular weight is 457 g/mol. The highest BCUT2D eigenvalue weighted by Crippen LogP contribution is 2.36. The molecule has 0 saturated heterocycles. The minimum absolute atomic E-state index is 0.0340. The molecule has 0 radical (unpaired) electrons. The van der Waals surface area contributed by atoms with E-state index in [1.165, 1.54) is 19.3 Å². The summed E-state index contributed by atoms with van der Waals surface area (Å²) in [5.74, 6) is -0.804. The molecule has 8 heteroatoms. The Bertz CT molecular complexity index is 537. The molecule has 1 aliphatic carbocycles. The first-order valence-electron chi connectivity index (χ1n) is 11.3. The summed E-state index contributed by atoms with van der Waals surface area (Å²) in [6.45, 7) is 14.5. The van der Waals surface area contributed by atoms with E-state index in [9.17, 15) is 9.59 Å². The highest BCUT2D eigenvalue weighted by Gasteiger charge is 2.32. The van der Waals surface area contributed by atoms with Crippen LogP contribution in [0.25, 0.3) is 0 Å². The first kappa shape index (κ1) is 28.3. The van der Waals surface area contributed by atoms with Gasteiger partial charge in [0.15, 0.2) is 0 Å². The van der Waals surface area contributed by atoms with Crippen molar-refractivity contribution in [2.24, 2.45) is 5.41 Å². The van der Waals surface area contributed by atoms with Gasteiger partial charge in [-0.2, -0.15) is 0 Å². The van der Waals surface area contributed by atoms with Gasteiger partial charge in [-0.1, -0.05) is 32.4 Å². The van der Waals surface area contributed by atoms with Crippen LogP contribution in [-0.2, 0) is 38.0 Å². The Morgan fingerprint density at radius 2 is 1.00 bits per heavy atom. The fourth-order valence-corrected chi connectivity index (χ4v) is 3.28. The van der Waals surface area contributed by atoms with Gasteiger partial charge >= 0.3 is 11.9 Å². The van der Waals surface area contributed by atoms with E-state index >= 15 is 0 Å². The third-order valence-electron chi connectivity index (χ3n) is 5.09. The summed E-state index contributed by atoms with van der Waals surface area (Å²) >= 11 is 0. The van der Waals surface area contributed by atoms with Crippen LogP contribution < -0.4 is 0 Å². The summed E-state index contributed by atoms with van der Waals surface area (Å²) in [5, 5.41) is 0. The third-order valence-corrected chi connectivity index (χ3v) is 5.09. The zero-order chi connectivity index (χ0) is 23.7. The summed E-state index contributed by atoms with van der Waals surface area (Å²) in [7, 11) is 0. The van der Waals surface area contributed by atoms with Crippen LogP contribution in [-0.4, -0.2) is 78.0 Å². The van der Waals surface area contributed by atoms with Crippen LogP contribution in [0.5, 0.6) is 0 Å². The van der Waals surface area contributed by atoms with Crippen molar-refractivity contribution < 1.29 is 38.0 Å². The van der Waals surface area contributed by atoms with Gasteiger partial charge in [-0.25, -0.2) is 9.59 Å². The highest BCUT2D eigenvalue weighted by atomic mass is 16.6. The van der Waals surface area contributed by atoms with Gasteiger partial charge < -0.3 is 28.4 Å². The number of ether oxygens (including phenoxy) is 6. The lowest BCUT2D eigenvalue weighted by Gasteiger charge is -2.36. The maximum absolute atomic E-state index is 11.3. The van der Waals surface area contributed by atoms with Crippen molar-refractivity contribution in [2.45, 2.75) is 46.0 Å². The molecule has 0 aliphatic heterocycles. The second-order valence-electron chi connectivity index (χ2n) is 8.22. The van der Waals surface area contributed by atoms with E-state index in [0.29, 0.717) is 64.0 Å². The Kier molecular flexibility index (Phi) is 14.9. The second-order valence-corrected chi connectivity index (χ2v) is 8.22. The lowest BCUT2D eigenvalue weighted by Crippen LogP contribution is -2.35. The van der Waals surface area contributed by atoms with Crippen molar-refractivity contribution in [3.8, 4) is 0 Å². The minimum atomic E-state index is -0.402. The number of hydrogen-bond acceptors (Lipinski definition) is 8. The van der Waals surface area contributed by atoms with Crippen molar-refractivity contribution in [1.82, 2.24) is 0 Å². The van der Waals surface area contributed by atoms with E-state index in [4.69, 9.17) is 28.4 Å². The summed E-state index contributed by atoms with van der Waals surface area (Å²) in [5.41, 5.74) is 0.791. The van der Waals surface area contributed by atoms with Crippen molar-refractivity contribution in [1.29, 1.82) is 0 Å². The van der Waals surface area contributed by atoms with Gasteiger partial charge in [-0.05, 0) is 26.7 Å². The molecule has 0 amide bonds. The van der Waals surface area contributed by atoms with Crippen molar-refractivity contribution in [3.63, 3.8) is 0 Å². The third kappa shape index (κ3) is 13.0. The van der Waals surface area contributed by atoms with Crippen molar-refractivity contribution in [3.05, 3.63) is 24.3 Å². The van der Waals surface area contributed by atoms with Gasteiger partial charge in [-0.3, -0.25) is 0 Å². The summed E-state index contributed by atoms with van der Waals surface area (Å²) < 4.78 is 32.6. The molecule has 1 aliphatic rings. The number of carbonyl (C=O) groups is 2. The normalized spacial score (nSPS) is 15.2. The molecule has 0 atom stereocenters. The van der Waals surface area contributed by atoms with Gasteiger partial charge in [-0.15, -0.1) is 0 Å². The van der Waals surface area contributed by atoms with Crippen LogP contribution in [0.3, 0.4) is 0 Å². The summed E-state index contributed by atoms with van der Waals surface area (Å²) in [6.07, 6.45) is 5.79. The summed E-state index contributed by atoms with van der Waals surface area (Å²) in [6, 6.07) is 0. The maximum atomic E-state index is 11.3. The molecule has 0 aromatic heterocycles. The van der Waals surface area contributed by atoms with Crippen LogP contribution in [0.15, 0.2) is 24.3 Å². The van der Waals surface area contributed by atoms with Gasteiger partial charge in [0, 0.05) is 16.6 Å². The molecule has 1 saturated carbocycles. The lowest BCUT2D eigenvalue weighted by atomic mass is 9.75. The maximum Gasteiger partial charge on any atom is 0.333 e. The van der Waals surface area contributed by atoms with Crippen LogP contribution in [0.1, 0.15) is 46.0 Å². The zero-order valence-electron chi connectivity index (χ0n) is 19.8. The molecule has 32 heavy (non-hydrogen) atoms. The van der Waals surface area contributed by atoms with E-state index in [1.54, 1.807) is 13.8 Å². The largest absolute Gasteiger partial charge is 0.460 e. The lowest BCUT2D eigenvalue weighted by molar-refractivity contribution is -0.141. The molecule has 0 unspecified atom stereocenters. The predicted octanol–water partition coefficient (Wildman–Crippen LogP) is 3.24. The van der Waals surface area contributed by atoms with Gasteiger partial charge in [0.25, 0.3) is 0 Å². The molecule has 0 heterocycles. The Morgan fingerprint density at radius 3 is 1.41 bits per heavy atom. The molecule has 0 aromatic rings. The van der Waals surface area contributed by atoms with E-state index in [2.05, 4.69) is 13.2 Å². The average Bonchev–Trinajstić information content (AvgIpc) is 2.77. The van der Waals surface area contributed by atoms with E-state index in [0.717, 1.165) is 12.8 Å². The predicted molar refractivity (Wildman–Crippen MR) is 120 cm³/mol. The molecule has 0 spiro atoms. The summed E-state index contributed by atoms with van der Waals surface area (Å²) in [4.78, 5) is 22.5. The molecule has 0 N–H and O–H groups in total. The second kappa shape index (κ2) is 16.8. The van der Waals surface area contributed by atoms with Crippen LogP contribution in [0, 0.1) is 5.41 Å². The minimum Gasteiger partial charge on any atom is -0.460 e. The van der Waals surface area contributed by atoms with E-state index in [1.807, 2.05) is 0 Å². The highest BCUT2D eigenvalue weighted by molar-refractivity contribution is 5.87. The molecule has 1 rings (SSSR count). The zero-order valence-corrected chi connectivity index (χ0v) is 19.8. The fourth-order valence-electron chi connectivity index (χ4n) is 3.28. The standard InChI is InChI=1S/C24H40O8/c1-20(2)22(25)31-16-14-27-10-12-29-18-24(8-6-5-7-9-24)19-30-13-11-28-15-17-32-23(26)21(3)4/h1,3,5-19H2,2,4H3. The monoisotopic (exact) mass is 456 g/mol. The Labute approximate surface area is 192 Å². The number of rotatable bonds is 18. The molecular formula is C24H40O8. The Hall–Kier alpha value is -1.74. The van der Waals surface area contributed by atoms with E-state index in [-0.39, 0.29) is 18.6 Å². The van der Waals surface area contributed by atoms with Crippen LogP contribution in [0.2, 0.25) is 0 Å². The number of hydrogen-bond donors (Lipinski definition) is 0. The van der Waals surface area contributed by atoms with Crippen molar-refractivity contribution in [2.75, 3.05) is 66.1 Å². The molecule has 0 aromatic carbocycles. The number of esters is 2. The molecule has 184 valence electrons. The Morgan fingerprint density at radius 1 is 0.625 bits per heavy atom. The Balaban J connectivity index is 2.11. The first-order chi connectivity index (χ1) is 15.4.